The third-order valence-electron chi connectivity index (χ3n) is 5.72. The zero-order valence-electron chi connectivity index (χ0n) is 15.7. The van der Waals surface area contributed by atoms with Crippen LogP contribution in [0.5, 0.6) is 0 Å². The van der Waals surface area contributed by atoms with Crippen LogP contribution in [0.1, 0.15) is 55.2 Å². The van der Waals surface area contributed by atoms with Crippen molar-refractivity contribution in [1.82, 2.24) is 0 Å². The summed E-state index contributed by atoms with van der Waals surface area (Å²) in [7, 11) is 0. The molecule has 0 aromatic heterocycles. The van der Waals surface area contributed by atoms with E-state index in [0.29, 0.717) is 16.9 Å². The van der Waals surface area contributed by atoms with Crippen molar-refractivity contribution in [3.63, 3.8) is 0 Å². The molecule has 4 rings (SSSR count). The number of fused-ring (bicyclic) bond motifs is 1. The third kappa shape index (κ3) is 3.78. The van der Waals surface area contributed by atoms with Gasteiger partial charge in [-0.3, -0.25) is 0 Å². The molecule has 142 valence electrons. The van der Waals surface area contributed by atoms with Gasteiger partial charge in [-0.1, -0.05) is 49.8 Å². The van der Waals surface area contributed by atoms with Crippen LogP contribution in [0.25, 0.3) is 10.8 Å². The molecule has 3 heteroatoms. The number of hydrogen-bond donors (Lipinski definition) is 0. The molecule has 28 heavy (non-hydrogen) atoms. The van der Waals surface area contributed by atoms with Crippen LogP contribution < -0.4 is 0 Å². The summed E-state index contributed by atoms with van der Waals surface area (Å²) >= 11 is 0. The molecule has 0 spiro atoms. The summed E-state index contributed by atoms with van der Waals surface area (Å²) in [6.07, 6.45) is 5.08. The first-order chi connectivity index (χ1) is 13.5. The van der Waals surface area contributed by atoms with Gasteiger partial charge < -0.3 is 0 Å². The molecule has 1 saturated carbocycles. The topological polar surface area (TPSA) is 0 Å². The molecular weight excluding hydrogens is 357 g/mol. The predicted octanol–water partition coefficient (Wildman–Crippen LogP) is 6.95. The summed E-state index contributed by atoms with van der Waals surface area (Å²) in [5.74, 6) is 3.79. The summed E-state index contributed by atoms with van der Waals surface area (Å²) < 4.78 is 40.6. The first-order valence-electron chi connectivity index (χ1n) is 9.70. The van der Waals surface area contributed by atoms with Gasteiger partial charge in [0.1, 0.15) is 0 Å². The van der Waals surface area contributed by atoms with Crippen LogP contribution in [0.15, 0.2) is 48.5 Å². The van der Waals surface area contributed by atoms with E-state index in [4.69, 9.17) is 0 Å². The minimum absolute atomic E-state index is 0.0515. The molecule has 3 aromatic rings. The molecule has 0 radical (unpaired) electrons. The average Bonchev–Trinajstić information content (AvgIpc) is 2.71. The van der Waals surface area contributed by atoms with Gasteiger partial charge in [0.25, 0.3) is 0 Å². The molecule has 0 saturated heterocycles. The van der Waals surface area contributed by atoms with E-state index in [-0.39, 0.29) is 5.39 Å². The molecule has 0 amide bonds. The lowest BCUT2D eigenvalue weighted by molar-refractivity contribution is 0.348. The Balaban J connectivity index is 1.54. The van der Waals surface area contributed by atoms with Crippen molar-refractivity contribution in [2.75, 3.05) is 0 Å². The largest absolute Gasteiger partial charge is 0.204 e. The predicted molar refractivity (Wildman–Crippen MR) is 107 cm³/mol. The molecule has 0 aliphatic heterocycles. The Morgan fingerprint density at radius 2 is 1.39 bits per heavy atom. The monoisotopic (exact) mass is 378 g/mol. The molecule has 1 fully saturated rings. The van der Waals surface area contributed by atoms with Crippen LogP contribution in [-0.4, -0.2) is 0 Å². The molecule has 0 atom stereocenters. The Morgan fingerprint density at radius 1 is 0.750 bits per heavy atom. The minimum atomic E-state index is -1.45. The fraction of sp³-hybridized carbons (Fsp3) is 0.280. The summed E-state index contributed by atoms with van der Waals surface area (Å²) in [4.78, 5) is 0. The molecule has 3 aromatic carbocycles. The van der Waals surface area contributed by atoms with Gasteiger partial charge in [-0.05, 0) is 66.0 Å². The van der Waals surface area contributed by atoms with E-state index in [1.54, 1.807) is 12.1 Å². The maximum atomic E-state index is 13.8. The Kier molecular flexibility index (Phi) is 5.13. The first-order valence-corrected chi connectivity index (χ1v) is 9.70. The van der Waals surface area contributed by atoms with Crippen molar-refractivity contribution < 1.29 is 13.2 Å². The second kappa shape index (κ2) is 7.72. The zero-order valence-corrected chi connectivity index (χ0v) is 15.7. The fourth-order valence-electron chi connectivity index (χ4n) is 3.96. The highest BCUT2D eigenvalue weighted by Crippen LogP contribution is 2.35. The molecular formula is C25H21F3. The van der Waals surface area contributed by atoms with E-state index < -0.39 is 17.5 Å². The zero-order chi connectivity index (χ0) is 19.7. The van der Waals surface area contributed by atoms with Gasteiger partial charge in [0, 0.05) is 16.5 Å². The van der Waals surface area contributed by atoms with Crippen LogP contribution in [0.4, 0.5) is 13.2 Å². The molecule has 0 N–H and O–H groups in total. The standard InChI is InChI=1S/C25H21F3/c1-16-2-9-19(10-3-16)20-11-6-17(7-12-20)4-5-18-8-13-22-21(14-18)15-23(26)25(28)24(22)27/h6-8,11-16,19H,2-3,9-10H2,1H3. The van der Waals surface area contributed by atoms with E-state index in [2.05, 4.69) is 30.9 Å². The summed E-state index contributed by atoms with van der Waals surface area (Å²) in [5, 5.41) is 0.348. The van der Waals surface area contributed by atoms with Gasteiger partial charge in [0.05, 0.1) is 0 Å². The highest BCUT2D eigenvalue weighted by atomic mass is 19.2. The average molecular weight is 378 g/mol. The lowest BCUT2D eigenvalue weighted by Crippen LogP contribution is -2.10. The van der Waals surface area contributed by atoms with E-state index in [1.807, 2.05) is 12.1 Å². The lowest BCUT2D eigenvalue weighted by Gasteiger charge is -2.26. The number of hydrogen-bond acceptors (Lipinski definition) is 0. The van der Waals surface area contributed by atoms with Crippen molar-refractivity contribution in [3.05, 3.63) is 82.7 Å². The van der Waals surface area contributed by atoms with Crippen LogP contribution in [-0.2, 0) is 0 Å². The fourth-order valence-corrected chi connectivity index (χ4v) is 3.96. The Hall–Kier alpha value is -2.73. The van der Waals surface area contributed by atoms with Gasteiger partial charge in [-0.25, -0.2) is 13.2 Å². The van der Waals surface area contributed by atoms with E-state index in [9.17, 15) is 13.2 Å². The summed E-state index contributed by atoms with van der Waals surface area (Å²) in [6.45, 7) is 2.32. The highest BCUT2D eigenvalue weighted by Gasteiger charge is 2.19. The van der Waals surface area contributed by atoms with E-state index >= 15 is 0 Å². The molecule has 0 bridgehead atoms. The maximum absolute atomic E-state index is 13.8. The van der Waals surface area contributed by atoms with Gasteiger partial charge >= 0.3 is 0 Å². The third-order valence-corrected chi connectivity index (χ3v) is 5.72. The van der Waals surface area contributed by atoms with Gasteiger partial charge in [-0.2, -0.15) is 0 Å². The summed E-state index contributed by atoms with van der Waals surface area (Å²) in [6, 6.07) is 14.0. The minimum Gasteiger partial charge on any atom is -0.204 e. The Bertz CT molecular complexity index is 1060. The van der Waals surface area contributed by atoms with Crippen molar-refractivity contribution in [2.24, 2.45) is 5.92 Å². The van der Waals surface area contributed by atoms with Crippen molar-refractivity contribution in [3.8, 4) is 11.8 Å². The number of rotatable bonds is 1. The first kappa shape index (κ1) is 18.6. The van der Waals surface area contributed by atoms with Crippen LogP contribution in [0.2, 0.25) is 0 Å². The van der Waals surface area contributed by atoms with Crippen molar-refractivity contribution in [1.29, 1.82) is 0 Å². The lowest BCUT2D eigenvalue weighted by atomic mass is 9.79. The Morgan fingerprint density at radius 3 is 2.11 bits per heavy atom. The second-order valence-corrected chi connectivity index (χ2v) is 7.75. The molecule has 0 nitrogen and oxygen atoms in total. The molecule has 0 unspecified atom stereocenters. The number of benzene rings is 3. The van der Waals surface area contributed by atoms with Crippen molar-refractivity contribution >= 4 is 10.8 Å². The quantitative estimate of drug-likeness (QED) is 0.317. The van der Waals surface area contributed by atoms with Crippen LogP contribution in [0.3, 0.4) is 0 Å². The van der Waals surface area contributed by atoms with Crippen molar-refractivity contribution in [2.45, 2.75) is 38.5 Å². The Labute approximate surface area is 163 Å². The van der Waals surface area contributed by atoms with Crippen LogP contribution >= 0.6 is 0 Å². The SMILES string of the molecule is CC1CCC(c2ccc(C#Cc3ccc4c(F)c(F)c(F)cc4c3)cc2)CC1. The van der Waals surface area contributed by atoms with Gasteiger partial charge in [0.2, 0.25) is 0 Å². The van der Waals surface area contributed by atoms with E-state index in [0.717, 1.165) is 17.5 Å². The highest BCUT2D eigenvalue weighted by molar-refractivity contribution is 5.84. The second-order valence-electron chi connectivity index (χ2n) is 7.75. The number of halogens is 3. The normalized spacial score (nSPS) is 19.3. The molecule has 1 aliphatic carbocycles. The summed E-state index contributed by atoms with van der Waals surface area (Å²) in [5.41, 5.74) is 2.89. The molecule has 1 aliphatic rings. The van der Waals surface area contributed by atoms with Crippen LogP contribution in [0, 0.1) is 35.2 Å². The molecule has 0 heterocycles. The smallest absolute Gasteiger partial charge is 0.195 e. The van der Waals surface area contributed by atoms with E-state index in [1.165, 1.54) is 37.3 Å². The maximum Gasteiger partial charge on any atom is 0.195 e. The van der Waals surface area contributed by atoms with Gasteiger partial charge in [-0.15, -0.1) is 0 Å². The van der Waals surface area contributed by atoms with Gasteiger partial charge in [0.15, 0.2) is 17.5 Å².